The summed E-state index contributed by atoms with van der Waals surface area (Å²) in [7, 11) is 0. The van der Waals surface area contributed by atoms with Gasteiger partial charge in [-0.1, -0.05) is 23.9 Å². The molecule has 0 spiro atoms. The highest BCUT2D eigenvalue weighted by Crippen LogP contribution is 2.31. The molecule has 0 saturated carbocycles. The Morgan fingerprint density at radius 2 is 2.20 bits per heavy atom. The fourth-order valence-electron chi connectivity index (χ4n) is 1.05. The number of para-hydroxylation sites is 1. The molecule has 0 amide bonds. The summed E-state index contributed by atoms with van der Waals surface area (Å²) in [5.74, 6) is -1.25. The number of hydrogen-bond donors (Lipinski definition) is 2. The zero-order chi connectivity index (χ0) is 10.8. The van der Waals surface area contributed by atoms with Gasteiger partial charge in [0.05, 0.1) is 10.2 Å². The Morgan fingerprint density at radius 1 is 1.47 bits per heavy atom. The minimum atomic E-state index is -1.45. The van der Waals surface area contributed by atoms with Crippen LogP contribution in [0.15, 0.2) is 28.6 Å². The molecule has 2 N–H and O–H groups in total. The summed E-state index contributed by atoms with van der Waals surface area (Å²) in [6.45, 7) is 0. The Balaban J connectivity index is 2.26. The third-order valence-electron chi connectivity index (χ3n) is 1.70. The number of thiazole rings is 1. The summed E-state index contributed by atoms with van der Waals surface area (Å²) in [6.07, 6.45) is 0. The smallest absolute Gasteiger partial charge is 0.343 e. The van der Waals surface area contributed by atoms with E-state index in [0.717, 1.165) is 22.0 Å². The molecule has 0 radical (unpaired) electrons. The van der Waals surface area contributed by atoms with Crippen molar-refractivity contribution in [2.24, 2.45) is 0 Å². The van der Waals surface area contributed by atoms with Crippen molar-refractivity contribution in [3.8, 4) is 0 Å². The second kappa shape index (κ2) is 4.18. The average Bonchev–Trinajstić information content (AvgIpc) is 2.59. The number of hydrogen-bond acceptors (Lipinski definition) is 5. The van der Waals surface area contributed by atoms with Crippen molar-refractivity contribution in [3.05, 3.63) is 24.3 Å². The molecular formula is C9H7NO3S2. The molecule has 1 aromatic heterocycles. The SMILES string of the molecule is O=C(O)[C@@H](O)Sc1nc2ccccc2s1. The van der Waals surface area contributed by atoms with Crippen LogP contribution in [0.4, 0.5) is 0 Å². The minimum Gasteiger partial charge on any atom is -0.479 e. The van der Waals surface area contributed by atoms with E-state index < -0.39 is 11.4 Å². The number of aliphatic hydroxyl groups is 1. The fourth-order valence-corrected chi connectivity index (χ4v) is 2.92. The maximum atomic E-state index is 10.4. The van der Waals surface area contributed by atoms with E-state index in [1.54, 1.807) is 0 Å². The number of aromatic nitrogens is 1. The summed E-state index contributed by atoms with van der Waals surface area (Å²) < 4.78 is 1.55. The maximum Gasteiger partial charge on any atom is 0.343 e. The van der Waals surface area contributed by atoms with E-state index >= 15 is 0 Å². The molecule has 0 aliphatic carbocycles. The molecule has 0 saturated heterocycles. The van der Waals surface area contributed by atoms with Crippen molar-refractivity contribution >= 4 is 39.3 Å². The number of carboxylic acid groups (broad SMARTS) is 1. The second-order valence-electron chi connectivity index (χ2n) is 2.76. The van der Waals surface area contributed by atoms with Crippen molar-refractivity contribution in [1.29, 1.82) is 0 Å². The number of carbonyl (C=O) groups is 1. The highest BCUT2D eigenvalue weighted by atomic mass is 32.2. The number of aliphatic carboxylic acids is 1. The molecule has 15 heavy (non-hydrogen) atoms. The van der Waals surface area contributed by atoms with Gasteiger partial charge in [0.15, 0.2) is 4.34 Å². The Labute approximate surface area is 93.6 Å². The van der Waals surface area contributed by atoms with Gasteiger partial charge in [0.1, 0.15) is 0 Å². The number of aliphatic hydroxyl groups excluding tert-OH is 1. The first kappa shape index (κ1) is 10.4. The van der Waals surface area contributed by atoms with E-state index in [0.29, 0.717) is 4.34 Å². The van der Waals surface area contributed by atoms with Crippen LogP contribution >= 0.6 is 23.1 Å². The van der Waals surface area contributed by atoms with Gasteiger partial charge in [-0.15, -0.1) is 11.3 Å². The van der Waals surface area contributed by atoms with Crippen molar-refractivity contribution < 1.29 is 15.0 Å². The van der Waals surface area contributed by atoms with Gasteiger partial charge < -0.3 is 10.2 Å². The molecule has 0 fully saturated rings. The number of nitrogens with zero attached hydrogens (tertiary/aromatic N) is 1. The molecule has 1 aromatic carbocycles. The van der Waals surface area contributed by atoms with E-state index in [4.69, 9.17) is 10.2 Å². The fraction of sp³-hybridized carbons (Fsp3) is 0.111. The third kappa shape index (κ3) is 2.28. The van der Waals surface area contributed by atoms with Crippen LogP contribution in [0.25, 0.3) is 10.2 Å². The molecule has 1 heterocycles. The lowest BCUT2D eigenvalue weighted by Crippen LogP contribution is -2.14. The van der Waals surface area contributed by atoms with Crippen molar-refractivity contribution in [3.63, 3.8) is 0 Å². The van der Waals surface area contributed by atoms with E-state index in [1.165, 1.54) is 11.3 Å². The molecule has 2 rings (SSSR count). The van der Waals surface area contributed by atoms with Crippen LogP contribution in [0.1, 0.15) is 0 Å². The molecule has 0 aliphatic heterocycles. The van der Waals surface area contributed by atoms with Gasteiger partial charge in [-0.2, -0.15) is 0 Å². The second-order valence-corrected chi connectivity index (χ2v) is 5.11. The Morgan fingerprint density at radius 3 is 2.87 bits per heavy atom. The standard InChI is InChI=1S/C9H7NO3S2/c11-7(12)8(13)15-9-10-5-3-1-2-4-6(5)14-9/h1-4,8,13H,(H,11,12)/t8-/m0/s1. The Bertz CT molecular complexity index is 464. The summed E-state index contributed by atoms with van der Waals surface area (Å²) in [6, 6.07) is 7.51. The van der Waals surface area contributed by atoms with Gasteiger partial charge in [0, 0.05) is 0 Å². The monoisotopic (exact) mass is 241 g/mol. The molecule has 2 aromatic rings. The number of fused-ring (bicyclic) bond motifs is 1. The summed E-state index contributed by atoms with van der Waals surface area (Å²) >= 11 is 2.21. The van der Waals surface area contributed by atoms with Crippen LogP contribution < -0.4 is 0 Å². The van der Waals surface area contributed by atoms with E-state index in [9.17, 15) is 4.79 Å². The predicted octanol–water partition coefficient (Wildman–Crippen LogP) is 1.79. The Kier molecular flexibility index (Phi) is 2.90. The number of carboxylic acids is 1. The first-order valence-electron chi connectivity index (χ1n) is 4.10. The minimum absolute atomic E-state index is 0.561. The van der Waals surface area contributed by atoms with Crippen molar-refractivity contribution in [2.75, 3.05) is 0 Å². The molecule has 78 valence electrons. The maximum absolute atomic E-state index is 10.4. The first-order valence-corrected chi connectivity index (χ1v) is 5.79. The van der Waals surface area contributed by atoms with Gasteiger partial charge in [0.25, 0.3) is 0 Å². The molecule has 0 aliphatic rings. The van der Waals surface area contributed by atoms with Crippen LogP contribution in [-0.2, 0) is 4.79 Å². The normalized spacial score (nSPS) is 12.9. The molecule has 0 bridgehead atoms. The summed E-state index contributed by atoms with van der Waals surface area (Å²) in [4.78, 5) is 14.6. The lowest BCUT2D eigenvalue weighted by Gasteiger charge is -1.99. The number of rotatable bonds is 3. The third-order valence-corrected chi connectivity index (χ3v) is 3.79. The van der Waals surface area contributed by atoms with Crippen molar-refractivity contribution in [1.82, 2.24) is 4.98 Å². The molecule has 6 heteroatoms. The van der Waals surface area contributed by atoms with Crippen LogP contribution in [0, 0.1) is 0 Å². The lowest BCUT2D eigenvalue weighted by atomic mass is 10.3. The molecule has 0 unspecified atom stereocenters. The van der Waals surface area contributed by atoms with E-state index in [-0.39, 0.29) is 0 Å². The number of benzene rings is 1. The highest BCUT2D eigenvalue weighted by molar-refractivity contribution is 8.02. The van der Waals surface area contributed by atoms with Crippen LogP contribution in [-0.4, -0.2) is 26.6 Å². The predicted molar refractivity (Wildman–Crippen MR) is 59.1 cm³/mol. The van der Waals surface area contributed by atoms with Gasteiger partial charge >= 0.3 is 5.97 Å². The van der Waals surface area contributed by atoms with Gasteiger partial charge in [-0.3, -0.25) is 0 Å². The quantitative estimate of drug-likeness (QED) is 0.633. The zero-order valence-corrected chi connectivity index (χ0v) is 9.09. The largest absolute Gasteiger partial charge is 0.479 e. The first-order chi connectivity index (χ1) is 7.16. The van der Waals surface area contributed by atoms with E-state index in [2.05, 4.69) is 4.98 Å². The van der Waals surface area contributed by atoms with Crippen LogP contribution in [0.2, 0.25) is 0 Å². The van der Waals surface area contributed by atoms with Crippen LogP contribution in [0.3, 0.4) is 0 Å². The average molecular weight is 241 g/mol. The van der Waals surface area contributed by atoms with Crippen LogP contribution in [0.5, 0.6) is 0 Å². The Hall–Kier alpha value is -1.11. The molecule has 1 atom stereocenters. The highest BCUT2D eigenvalue weighted by Gasteiger charge is 2.16. The van der Waals surface area contributed by atoms with Crippen molar-refractivity contribution in [2.45, 2.75) is 9.78 Å². The molecule has 4 nitrogen and oxygen atoms in total. The summed E-state index contributed by atoms with van der Waals surface area (Å²) in [5, 5.41) is 17.7. The lowest BCUT2D eigenvalue weighted by molar-refractivity contribution is -0.141. The topological polar surface area (TPSA) is 70.4 Å². The van der Waals surface area contributed by atoms with E-state index in [1.807, 2.05) is 24.3 Å². The summed E-state index contributed by atoms with van der Waals surface area (Å²) in [5.41, 5.74) is -0.631. The van der Waals surface area contributed by atoms with Gasteiger partial charge in [-0.05, 0) is 12.1 Å². The zero-order valence-electron chi connectivity index (χ0n) is 7.45. The van der Waals surface area contributed by atoms with Gasteiger partial charge in [-0.25, -0.2) is 9.78 Å². The number of thioether (sulfide) groups is 1. The van der Waals surface area contributed by atoms with Gasteiger partial charge in [0.2, 0.25) is 5.44 Å². The molecular weight excluding hydrogens is 234 g/mol.